The second-order valence-corrected chi connectivity index (χ2v) is 8.79. The molecule has 1 N–H and O–H groups in total. The predicted molar refractivity (Wildman–Crippen MR) is 91.7 cm³/mol. The molecule has 3 nitrogen and oxygen atoms in total. The number of aromatic amines is 1. The zero-order valence-electron chi connectivity index (χ0n) is 12.4. The molecule has 0 saturated heterocycles. The van der Waals surface area contributed by atoms with E-state index >= 15 is 0 Å². The summed E-state index contributed by atoms with van der Waals surface area (Å²) >= 11 is 7.39. The van der Waals surface area contributed by atoms with E-state index < -0.39 is 15.7 Å². The van der Waals surface area contributed by atoms with E-state index in [0.29, 0.717) is 9.92 Å². The van der Waals surface area contributed by atoms with E-state index in [2.05, 4.69) is 4.98 Å². The van der Waals surface area contributed by atoms with Crippen LogP contribution in [0, 0.1) is 12.7 Å². The van der Waals surface area contributed by atoms with Crippen LogP contribution in [0.5, 0.6) is 0 Å². The van der Waals surface area contributed by atoms with E-state index in [1.165, 1.54) is 30.2 Å². The molecule has 0 bridgehead atoms. The van der Waals surface area contributed by atoms with E-state index in [1.54, 1.807) is 18.2 Å². The van der Waals surface area contributed by atoms with Gasteiger partial charge in [-0.1, -0.05) is 23.4 Å². The van der Waals surface area contributed by atoms with Gasteiger partial charge in [0, 0.05) is 32.6 Å². The summed E-state index contributed by atoms with van der Waals surface area (Å²) in [4.78, 5) is 4.80. The van der Waals surface area contributed by atoms with Crippen LogP contribution in [0.15, 0.2) is 51.1 Å². The predicted octanol–water partition coefficient (Wildman–Crippen LogP) is 4.82. The Morgan fingerprint density at radius 3 is 2.52 bits per heavy atom. The first-order valence-electron chi connectivity index (χ1n) is 6.70. The van der Waals surface area contributed by atoms with Gasteiger partial charge in [0.15, 0.2) is 9.84 Å². The Bertz CT molecular complexity index is 1010. The highest BCUT2D eigenvalue weighted by atomic mass is 35.5. The third kappa shape index (κ3) is 3.39. The van der Waals surface area contributed by atoms with Gasteiger partial charge in [0.2, 0.25) is 0 Å². The lowest BCUT2D eigenvalue weighted by atomic mass is 10.2. The zero-order chi connectivity index (χ0) is 16.8. The van der Waals surface area contributed by atoms with Crippen molar-refractivity contribution in [3.8, 4) is 0 Å². The summed E-state index contributed by atoms with van der Waals surface area (Å²) in [6.07, 6.45) is 1.17. The SMILES string of the molecule is Cc1cc2c(Sc3ccc(F)cc3Cl)cc(S(C)(=O)=O)cc2[nH]1. The van der Waals surface area contributed by atoms with Gasteiger partial charge in [0.05, 0.1) is 9.92 Å². The average molecular weight is 370 g/mol. The van der Waals surface area contributed by atoms with Crippen LogP contribution in [0.4, 0.5) is 4.39 Å². The highest BCUT2D eigenvalue weighted by Crippen LogP contribution is 2.39. The van der Waals surface area contributed by atoms with Crippen LogP contribution in [0.2, 0.25) is 5.02 Å². The second-order valence-electron chi connectivity index (χ2n) is 5.28. The molecule has 3 aromatic rings. The lowest BCUT2D eigenvalue weighted by molar-refractivity contribution is 0.602. The number of sulfone groups is 1. The Morgan fingerprint density at radius 2 is 1.87 bits per heavy atom. The first kappa shape index (κ1) is 16.4. The van der Waals surface area contributed by atoms with Crippen molar-refractivity contribution in [3.63, 3.8) is 0 Å². The molecule has 0 unspecified atom stereocenters. The molecule has 120 valence electrons. The van der Waals surface area contributed by atoms with Crippen LogP contribution >= 0.6 is 23.4 Å². The smallest absolute Gasteiger partial charge is 0.175 e. The van der Waals surface area contributed by atoms with E-state index in [0.717, 1.165) is 21.5 Å². The molecule has 0 fully saturated rings. The van der Waals surface area contributed by atoms with Gasteiger partial charge in [0.25, 0.3) is 0 Å². The molecule has 0 aliphatic carbocycles. The van der Waals surface area contributed by atoms with E-state index in [-0.39, 0.29) is 4.90 Å². The highest BCUT2D eigenvalue weighted by Gasteiger charge is 2.15. The van der Waals surface area contributed by atoms with Gasteiger partial charge >= 0.3 is 0 Å². The molecular formula is C16H13ClFNO2S2. The number of hydrogen-bond donors (Lipinski definition) is 1. The number of aromatic nitrogens is 1. The number of fused-ring (bicyclic) bond motifs is 1. The maximum Gasteiger partial charge on any atom is 0.175 e. The van der Waals surface area contributed by atoms with Crippen molar-refractivity contribution >= 4 is 44.1 Å². The van der Waals surface area contributed by atoms with Gasteiger partial charge in [-0.2, -0.15) is 0 Å². The van der Waals surface area contributed by atoms with Crippen LogP contribution in [0.1, 0.15) is 5.69 Å². The maximum absolute atomic E-state index is 13.2. The Balaban J connectivity index is 2.18. The average Bonchev–Trinajstić information content (AvgIpc) is 2.81. The Morgan fingerprint density at radius 1 is 1.13 bits per heavy atom. The number of benzene rings is 2. The molecule has 0 aliphatic rings. The monoisotopic (exact) mass is 369 g/mol. The topological polar surface area (TPSA) is 49.9 Å². The summed E-state index contributed by atoms with van der Waals surface area (Å²) in [5.41, 5.74) is 1.67. The number of H-pyrrole nitrogens is 1. The number of hydrogen-bond acceptors (Lipinski definition) is 3. The summed E-state index contributed by atoms with van der Waals surface area (Å²) in [7, 11) is -3.34. The van der Waals surface area contributed by atoms with Gasteiger partial charge in [-0.05, 0) is 43.3 Å². The fourth-order valence-corrected chi connectivity index (χ4v) is 4.31. The maximum atomic E-state index is 13.2. The van der Waals surface area contributed by atoms with Crippen molar-refractivity contribution in [2.45, 2.75) is 21.6 Å². The first-order chi connectivity index (χ1) is 10.7. The molecule has 0 saturated carbocycles. The van der Waals surface area contributed by atoms with Crippen molar-refractivity contribution in [1.29, 1.82) is 0 Å². The Labute approximate surface area is 142 Å². The summed E-state index contributed by atoms with van der Waals surface area (Å²) < 4.78 is 37.0. The van der Waals surface area contributed by atoms with Gasteiger partial charge in [-0.25, -0.2) is 12.8 Å². The van der Waals surface area contributed by atoms with Crippen LogP contribution in [-0.2, 0) is 9.84 Å². The third-order valence-corrected chi connectivity index (χ3v) is 6.00. The highest BCUT2D eigenvalue weighted by molar-refractivity contribution is 7.99. The fourth-order valence-electron chi connectivity index (χ4n) is 2.29. The molecule has 23 heavy (non-hydrogen) atoms. The lowest BCUT2D eigenvalue weighted by Crippen LogP contribution is -1.97. The van der Waals surface area contributed by atoms with Gasteiger partial charge in [-0.3, -0.25) is 0 Å². The van der Waals surface area contributed by atoms with Crippen molar-refractivity contribution in [1.82, 2.24) is 4.98 Å². The fraction of sp³-hybridized carbons (Fsp3) is 0.125. The van der Waals surface area contributed by atoms with E-state index in [9.17, 15) is 12.8 Å². The third-order valence-electron chi connectivity index (χ3n) is 3.35. The standard InChI is InChI=1S/C16H13ClFNO2S2/c1-9-5-12-14(19-9)7-11(23(2,20)21)8-16(12)22-15-4-3-10(18)6-13(15)17/h3-8,19H,1-2H3. The van der Waals surface area contributed by atoms with Crippen molar-refractivity contribution in [2.75, 3.05) is 6.26 Å². The Kier molecular flexibility index (Phi) is 4.16. The number of rotatable bonds is 3. The first-order valence-corrected chi connectivity index (χ1v) is 9.79. The minimum Gasteiger partial charge on any atom is -0.359 e. The lowest BCUT2D eigenvalue weighted by Gasteiger charge is -2.08. The van der Waals surface area contributed by atoms with Crippen LogP contribution < -0.4 is 0 Å². The normalized spacial score (nSPS) is 12.0. The summed E-state index contributed by atoms with van der Waals surface area (Å²) in [5, 5.41) is 1.19. The quantitative estimate of drug-likeness (QED) is 0.719. The number of halogens is 2. The zero-order valence-corrected chi connectivity index (χ0v) is 14.7. The molecule has 0 amide bonds. The minimum atomic E-state index is -3.34. The Hall–Kier alpha value is -1.50. The molecule has 7 heteroatoms. The molecule has 3 rings (SSSR count). The van der Waals surface area contributed by atoms with E-state index in [1.807, 2.05) is 13.0 Å². The minimum absolute atomic E-state index is 0.229. The van der Waals surface area contributed by atoms with Gasteiger partial charge in [0.1, 0.15) is 5.82 Å². The second kappa shape index (κ2) is 5.85. The molecule has 0 spiro atoms. The van der Waals surface area contributed by atoms with Crippen molar-refractivity contribution in [2.24, 2.45) is 0 Å². The van der Waals surface area contributed by atoms with Gasteiger partial charge in [-0.15, -0.1) is 0 Å². The molecular weight excluding hydrogens is 357 g/mol. The molecule has 0 aliphatic heterocycles. The molecule has 0 radical (unpaired) electrons. The number of aryl methyl sites for hydroxylation is 1. The van der Waals surface area contributed by atoms with Crippen LogP contribution in [0.25, 0.3) is 10.9 Å². The summed E-state index contributed by atoms with van der Waals surface area (Å²) in [6, 6.07) is 9.34. The number of nitrogens with one attached hydrogen (secondary N) is 1. The van der Waals surface area contributed by atoms with Crippen molar-refractivity contribution in [3.05, 3.63) is 52.9 Å². The van der Waals surface area contributed by atoms with Crippen LogP contribution in [-0.4, -0.2) is 19.7 Å². The molecule has 1 heterocycles. The largest absolute Gasteiger partial charge is 0.359 e. The van der Waals surface area contributed by atoms with Gasteiger partial charge < -0.3 is 4.98 Å². The summed E-state index contributed by atoms with van der Waals surface area (Å²) in [5.74, 6) is -0.410. The molecule has 0 atom stereocenters. The molecule has 1 aromatic heterocycles. The van der Waals surface area contributed by atoms with Crippen molar-refractivity contribution < 1.29 is 12.8 Å². The van der Waals surface area contributed by atoms with E-state index in [4.69, 9.17) is 11.6 Å². The molecule has 2 aromatic carbocycles. The van der Waals surface area contributed by atoms with Crippen LogP contribution in [0.3, 0.4) is 0 Å². The summed E-state index contributed by atoms with van der Waals surface area (Å²) in [6.45, 7) is 1.90.